The molecule has 2 rings (SSSR count). The van der Waals surface area contributed by atoms with E-state index < -0.39 is 12.1 Å². The quantitative estimate of drug-likeness (QED) is 0.666. The van der Waals surface area contributed by atoms with Gasteiger partial charge in [0.25, 0.3) is 0 Å². The average Bonchev–Trinajstić information content (AvgIpc) is 2.41. The number of nitrogens with two attached hydrogens (primary N) is 1. The van der Waals surface area contributed by atoms with E-state index in [0.29, 0.717) is 11.4 Å². The van der Waals surface area contributed by atoms with Crippen LogP contribution in [-0.4, -0.2) is 19.2 Å². The van der Waals surface area contributed by atoms with Crippen molar-refractivity contribution in [3.63, 3.8) is 0 Å². The molecule has 0 saturated carbocycles. The Morgan fingerprint density at radius 1 is 1.17 bits per heavy atom. The molecule has 0 spiro atoms. The van der Waals surface area contributed by atoms with Crippen molar-refractivity contribution in [3.8, 4) is 5.75 Å². The summed E-state index contributed by atoms with van der Waals surface area (Å²) in [5.41, 5.74) is 6.58. The van der Waals surface area contributed by atoms with Gasteiger partial charge in [0.2, 0.25) is 0 Å². The van der Waals surface area contributed by atoms with E-state index in [0.717, 1.165) is 10.8 Å². The highest BCUT2D eigenvalue weighted by Gasteiger charge is 2.16. The number of ether oxygens (including phenoxy) is 2. The van der Waals surface area contributed by atoms with Gasteiger partial charge in [0.05, 0.1) is 7.11 Å². The van der Waals surface area contributed by atoms with Crippen molar-refractivity contribution in [3.05, 3.63) is 36.4 Å². The van der Waals surface area contributed by atoms with Gasteiger partial charge >= 0.3 is 5.97 Å². The summed E-state index contributed by atoms with van der Waals surface area (Å²) in [7, 11) is 1.34. The number of fused-ring (bicyclic) bond motifs is 1. The van der Waals surface area contributed by atoms with Crippen molar-refractivity contribution < 1.29 is 14.3 Å². The molecule has 2 aromatic carbocycles. The topological polar surface area (TPSA) is 61.5 Å². The largest absolute Gasteiger partial charge is 0.478 e. The Kier molecular flexibility index (Phi) is 3.37. The molecule has 0 saturated heterocycles. The van der Waals surface area contributed by atoms with Crippen LogP contribution in [0.15, 0.2) is 36.4 Å². The van der Waals surface area contributed by atoms with Gasteiger partial charge in [-0.15, -0.1) is 0 Å². The van der Waals surface area contributed by atoms with Crippen LogP contribution in [0.4, 0.5) is 5.69 Å². The first kappa shape index (κ1) is 12.2. The van der Waals surface area contributed by atoms with Gasteiger partial charge < -0.3 is 15.2 Å². The minimum Gasteiger partial charge on any atom is -0.478 e. The molecule has 0 bridgehead atoms. The van der Waals surface area contributed by atoms with Crippen LogP contribution in [0.3, 0.4) is 0 Å². The minimum absolute atomic E-state index is 0.407. The first-order valence-electron chi connectivity index (χ1n) is 5.65. The molecule has 4 nitrogen and oxygen atoms in total. The lowest BCUT2D eigenvalue weighted by Gasteiger charge is -2.15. The zero-order valence-corrected chi connectivity index (χ0v) is 10.3. The van der Waals surface area contributed by atoms with E-state index >= 15 is 0 Å². The van der Waals surface area contributed by atoms with Gasteiger partial charge in [-0.3, -0.25) is 0 Å². The number of esters is 1. The van der Waals surface area contributed by atoms with E-state index in [-0.39, 0.29) is 0 Å². The first-order valence-corrected chi connectivity index (χ1v) is 5.65. The van der Waals surface area contributed by atoms with Gasteiger partial charge in [0.15, 0.2) is 6.10 Å². The van der Waals surface area contributed by atoms with E-state index in [1.54, 1.807) is 19.1 Å². The zero-order chi connectivity index (χ0) is 13.1. The lowest BCUT2D eigenvalue weighted by Crippen LogP contribution is -2.24. The molecule has 0 aliphatic carbocycles. The molecule has 0 aliphatic rings. The van der Waals surface area contributed by atoms with Crippen LogP contribution in [-0.2, 0) is 9.53 Å². The van der Waals surface area contributed by atoms with Crippen molar-refractivity contribution in [2.75, 3.05) is 12.8 Å². The van der Waals surface area contributed by atoms with Gasteiger partial charge in [0, 0.05) is 16.5 Å². The number of hydrogen-bond acceptors (Lipinski definition) is 4. The monoisotopic (exact) mass is 245 g/mol. The van der Waals surface area contributed by atoms with Crippen LogP contribution in [0.1, 0.15) is 6.92 Å². The van der Waals surface area contributed by atoms with Crippen LogP contribution in [0.2, 0.25) is 0 Å². The van der Waals surface area contributed by atoms with Crippen molar-refractivity contribution in [2.45, 2.75) is 13.0 Å². The average molecular weight is 245 g/mol. The SMILES string of the molecule is COC(=O)C(C)Oc1ccc(N)c2ccccc12. The van der Waals surface area contributed by atoms with Crippen LogP contribution in [0, 0.1) is 0 Å². The Morgan fingerprint density at radius 3 is 2.50 bits per heavy atom. The second-order valence-corrected chi connectivity index (χ2v) is 3.98. The number of nitrogen functional groups attached to an aromatic ring is 1. The van der Waals surface area contributed by atoms with Gasteiger partial charge in [0.1, 0.15) is 5.75 Å². The third-order valence-electron chi connectivity index (χ3n) is 2.75. The molecule has 2 aromatic rings. The molecule has 94 valence electrons. The van der Waals surface area contributed by atoms with E-state index in [2.05, 4.69) is 4.74 Å². The Labute approximate surface area is 105 Å². The smallest absolute Gasteiger partial charge is 0.346 e. The fourth-order valence-corrected chi connectivity index (χ4v) is 1.80. The normalized spacial score (nSPS) is 12.1. The van der Waals surface area contributed by atoms with E-state index in [9.17, 15) is 4.79 Å². The molecule has 0 aromatic heterocycles. The summed E-state index contributed by atoms with van der Waals surface area (Å²) in [6.07, 6.45) is -0.651. The Hall–Kier alpha value is -2.23. The van der Waals surface area contributed by atoms with E-state index in [1.807, 2.05) is 24.3 Å². The standard InChI is InChI=1S/C14H15NO3/c1-9(14(16)17-2)18-13-8-7-12(15)10-5-3-4-6-11(10)13/h3-9H,15H2,1-2H3. The van der Waals surface area contributed by atoms with Crippen LogP contribution < -0.4 is 10.5 Å². The molecule has 0 aliphatic heterocycles. The molecule has 1 unspecified atom stereocenters. The summed E-state index contributed by atoms with van der Waals surface area (Å²) in [4.78, 5) is 11.3. The number of hydrogen-bond donors (Lipinski definition) is 1. The number of anilines is 1. The number of rotatable bonds is 3. The lowest BCUT2D eigenvalue weighted by atomic mass is 10.1. The Balaban J connectivity index is 2.40. The molecular formula is C14H15NO3. The maximum absolute atomic E-state index is 11.3. The third-order valence-corrected chi connectivity index (χ3v) is 2.75. The van der Waals surface area contributed by atoms with Gasteiger partial charge in [-0.2, -0.15) is 0 Å². The fraction of sp³-hybridized carbons (Fsp3) is 0.214. The maximum atomic E-state index is 11.3. The predicted octanol–water partition coefficient (Wildman–Crippen LogP) is 2.36. The molecule has 0 radical (unpaired) electrons. The second-order valence-electron chi connectivity index (χ2n) is 3.98. The van der Waals surface area contributed by atoms with E-state index in [1.165, 1.54) is 7.11 Å². The molecule has 0 heterocycles. The number of carbonyl (C=O) groups excluding carboxylic acids is 1. The van der Waals surface area contributed by atoms with Crippen molar-refractivity contribution >= 4 is 22.4 Å². The fourth-order valence-electron chi connectivity index (χ4n) is 1.80. The first-order chi connectivity index (χ1) is 8.63. The van der Waals surface area contributed by atoms with Crippen molar-refractivity contribution in [1.82, 2.24) is 0 Å². The minimum atomic E-state index is -0.651. The van der Waals surface area contributed by atoms with E-state index in [4.69, 9.17) is 10.5 Å². The molecule has 2 N–H and O–H groups in total. The maximum Gasteiger partial charge on any atom is 0.346 e. The highest BCUT2D eigenvalue weighted by molar-refractivity contribution is 5.97. The number of benzene rings is 2. The van der Waals surface area contributed by atoms with Crippen molar-refractivity contribution in [2.24, 2.45) is 0 Å². The lowest BCUT2D eigenvalue weighted by molar-refractivity contribution is -0.147. The molecule has 4 heteroatoms. The summed E-state index contributed by atoms with van der Waals surface area (Å²) in [6.45, 7) is 1.65. The Bertz CT molecular complexity index is 580. The molecular weight excluding hydrogens is 230 g/mol. The molecule has 0 fully saturated rings. The summed E-state index contributed by atoms with van der Waals surface area (Å²) in [5.74, 6) is 0.216. The zero-order valence-electron chi connectivity index (χ0n) is 10.3. The second kappa shape index (κ2) is 4.96. The highest BCUT2D eigenvalue weighted by Crippen LogP contribution is 2.30. The van der Waals surface area contributed by atoms with Crippen LogP contribution in [0.25, 0.3) is 10.8 Å². The highest BCUT2D eigenvalue weighted by atomic mass is 16.6. The molecule has 0 amide bonds. The Morgan fingerprint density at radius 2 is 1.83 bits per heavy atom. The number of carbonyl (C=O) groups is 1. The summed E-state index contributed by atoms with van der Waals surface area (Å²) < 4.78 is 10.2. The van der Waals surface area contributed by atoms with Crippen molar-refractivity contribution in [1.29, 1.82) is 0 Å². The predicted molar refractivity (Wildman–Crippen MR) is 70.5 cm³/mol. The molecule has 1 atom stereocenters. The summed E-state index contributed by atoms with van der Waals surface area (Å²) in [6, 6.07) is 11.2. The van der Waals surface area contributed by atoms with Crippen LogP contribution >= 0.6 is 0 Å². The van der Waals surface area contributed by atoms with Gasteiger partial charge in [-0.25, -0.2) is 4.79 Å². The van der Waals surface area contributed by atoms with Crippen LogP contribution in [0.5, 0.6) is 5.75 Å². The molecule has 18 heavy (non-hydrogen) atoms. The summed E-state index contributed by atoms with van der Waals surface area (Å²) in [5, 5.41) is 1.79. The van der Waals surface area contributed by atoms with Gasteiger partial charge in [-0.05, 0) is 19.1 Å². The van der Waals surface area contributed by atoms with Gasteiger partial charge in [-0.1, -0.05) is 24.3 Å². The third kappa shape index (κ3) is 2.22. The summed E-state index contributed by atoms with van der Waals surface area (Å²) >= 11 is 0. The number of methoxy groups -OCH3 is 1.